The van der Waals surface area contributed by atoms with Crippen LogP contribution in [0.25, 0.3) is 0 Å². The molecule has 0 rings (SSSR count). The van der Waals surface area contributed by atoms with Crippen LogP contribution in [0.5, 0.6) is 0 Å². The van der Waals surface area contributed by atoms with Crippen molar-refractivity contribution >= 4 is 17.9 Å². The zero-order valence-corrected chi connectivity index (χ0v) is 37.5. The van der Waals surface area contributed by atoms with Crippen LogP contribution in [0.1, 0.15) is 207 Å². The van der Waals surface area contributed by atoms with E-state index in [1.807, 2.05) is 36.5 Å². The Balaban J connectivity index is 4.41. The van der Waals surface area contributed by atoms with Crippen LogP contribution >= 0.6 is 0 Å². The molecule has 6 heteroatoms. The number of esters is 3. The van der Waals surface area contributed by atoms with E-state index in [9.17, 15) is 14.4 Å². The van der Waals surface area contributed by atoms with Gasteiger partial charge in [0.25, 0.3) is 0 Å². The fourth-order valence-corrected chi connectivity index (χ4v) is 6.19. The number of carbonyl (C=O) groups excluding carboxylic acids is 3. The van der Waals surface area contributed by atoms with Crippen molar-refractivity contribution in [3.8, 4) is 0 Å². The van der Waals surface area contributed by atoms with Crippen molar-refractivity contribution in [1.82, 2.24) is 0 Å². The van der Waals surface area contributed by atoms with Crippen molar-refractivity contribution in [2.45, 2.75) is 213 Å². The molecule has 0 aliphatic carbocycles. The van der Waals surface area contributed by atoms with Crippen LogP contribution in [-0.2, 0) is 28.6 Å². The van der Waals surface area contributed by atoms with Gasteiger partial charge in [0.2, 0.25) is 0 Å². The van der Waals surface area contributed by atoms with Crippen molar-refractivity contribution < 1.29 is 28.6 Å². The van der Waals surface area contributed by atoms with Gasteiger partial charge in [0.05, 0.1) is 0 Å². The summed E-state index contributed by atoms with van der Waals surface area (Å²) in [6.45, 7) is 6.28. The molecular weight excluding hydrogens is 721 g/mol. The Morgan fingerprint density at radius 2 is 0.759 bits per heavy atom. The summed E-state index contributed by atoms with van der Waals surface area (Å²) in [5.41, 5.74) is 0. The van der Waals surface area contributed by atoms with Gasteiger partial charge in [0, 0.05) is 19.3 Å². The van der Waals surface area contributed by atoms with Crippen molar-refractivity contribution in [1.29, 1.82) is 0 Å². The predicted molar refractivity (Wildman–Crippen MR) is 247 cm³/mol. The Kier molecular flexibility index (Phi) is 43.6. The fourth-order valence-electron chi connectivity index (χ4n) is 6.19. The maximum Gasteiger partial charge on any atom is 0.306 e. The van der Waals surface area contributed by atoms with Crippen LogP contribution < -0.4 is 0 Å². The molecule has 58 heavy (non-hydrogen) atoms. The van der Waals surface area contributed by atoms with E-state index in [1.54, 1.807) is 0 Å². The highest BCUT2D eigenvalue weighted by Gasteiger charge is 2.19. The Bertz CT molecular complexity index is 1160. The molecule has 6 nitrogen and oxygen atoms in total. The van der Waals surface area contributed by atoms with E-state index in [0.29, 0.717) is 19.3 Å². The van der Waals surface area contributed by atoms with Crippen LogP contribution in [-0.4, -0.2) is 37.2 Å². The lowest BCUT2D eigenvalue weighted by atomic mass is 10.1. The third-order valence-corrected chi connectivity index (χ3v) is 9.71. The van der Waals surface area contributed by atoms with Gasteiger partial charge in [-0.3, -0.25) is 14.4 Å². The summed E-state index contributed by atoms with van der Waals surface area (Å²) >= 11 is 0. The second-order valence-corrected chi connectivity index (χ2v) is 15.3. The molecule has 330 valence electrons. The van der Waals surface area contributed by atoms with E-state index in [-0.39, 0.29) is 37.5 Å². The summed E-state index contributed by atoms with van der Waals surface area (Å²) in [5.74, 6) is -1.00. The van der Waals surface area contributed by atoms with Gasteiger partial charge in [-0.25, -0.2) is 0 Å². The minimum atomic E-state index is -0.811. The third-order valence-electron chi connectivity index (χ3n) is 9.71. The number of ether oxygens (including phenoxy) is 3. The first kappa shape index (κ1) is 54.6. The van der Waals surface area contributed by atoms with Gasteiger partial charge < -0.3 is 14.2 Å². The Morgan fingerprint density at radius 1 is 0.379 bits per heavy atom. The van der Waals surface area contributed by atoms with Crippen LogP contribution in [0.3, 0.4) is 0 Å². The number of hydrogen-bond acceptors (Lipinski definition) is 6. The average molecular weight is 807 g/mol. The molecule has 0 aromatic heterocycles. The van der Waals surface area contributed by atoms with Crippen molar-refractivity contribution in [3.05, 3.63) is 85.1 Å². The summed E-state index contributed by atoms with van der Waals surface area (Å²) in [7, 11) is 0. The summed E-state index contributed by atoms with van der Waals surface area (Å²) in [4.78, 5) is 37.7. The zero-order valence-electron chi connectivity index (χ0n) is 37.5. The molecule has 0 spiro atoms. The van der Waals surface area contributed by atoms with E-state index in [0.717, 1.165) is 89.9 Å². The normalized spacial score (nSPS) is 12.8. The number of rotatable bonds is 41. The fraction of sp³-hybridized carbons (Fsp3) is 0.673. The second kappa shape index (κ2) is 46.3. The summed E-state index contributed by atoms with van der Waals surface area (Å²) in [6, 6.07) is 0. The summed E-state index contributed by atoms with van der Waals surface area (Å²) < 4.78 is 16.6. The van der Waals surface area contributed by atoms with Gasteiger partial charge in [-0.15, -0.1) is 0 Å². The molecular formula is C52H86O6. The molecule has 0 aliphatic rings. The first-order valence-corrected chi connectivity index (χ1v) is 23.6. The highest BCUT2D eigenvalue weighted by atomic mass is 16.6. The maximum atomic E-state index is 12.7. The zero-order chi connectivity index (χ0) is 42.3. The molecule has 0 aliphatic heterocycles. The standard InChI is InChI=1S/C52H86O6/c1-4-7-10-13-16-19-21-23-24-25-26-27-29-30-33-36-39-42-45-51(54)57-48-49(47-56-50(53)44-41-38-35-32-18-15-12-9-6-3)58-52(55)46-43-40-37-34-31-28-22-20-17-14-11-8-5-2/h8-9,11-12,14,17-18,20,22,26-28,31-32,49H,4-7,10,13,15-16,19,21,23-25,29-30,33-48H2,1-3H3/b11-8-,12-9-,17-14-,22-20-,27-26-,31-28-,32-18-. The molecule has 0 saturated carbocycles. The molecule has 0 fully saturated rings. The van der Waals surface area contributed by atoms with Crippen molar-refractivity contribution in [2.24, 2.45) is 0 Å². The van der Waals surface area contributed by atoms with Gasteiger partial charge in [-0.2, -0.15) is 0 Å². The second-order valence-electron chi connectivity index (χ2n) is 15.3. The lowest BCUT2D eigenvalue weighted by Gasteiger charge is -2.18. The minimum absolute atomic E-state index is 0.108. The highest BCUT2D eigenvalue weighted by molar-refractivity contribution is 5.71. The topological polar surface area (TPSA) is 78.9 Å². The third kappa shape index (κ3) is 43.7. The highest BCUT2D eigenvalue weighted by Crippen LogP contribution is 2.13. The van der Waals surface area contributed by atoms with E-state index in [2.05, 4.69) is 69.4 Å². The molecule has 0 amide bonds. The average Bonchev–Trinajstić information content (AvgIpc) is 3.22. The van der Waals surface area contributed by atoms with E-state index in [4.69, 9.17) is 14.2 Å². The molecule has 1 unspecified atom stereocenters. The van der Waals surface area contributed by atoms with Crippen LogP contribution in [0, 0.1) is 0 Å². The van der Waals surface area contributed by atoms with Crippen LogP contribution in [0.4, 0.5) is 0 Å². The predicted octanol–water partition coefficient (Wildman–Crippen LogP) is 15.3. The Labute approximate surface area is 356 Å². The van der Waals surface area contributed by atoms with E-state index in [1.165, 1.54) is 70.6 Å². The maximum absolute atomic E-state index is 12.7. The lowest BCUT2D eigenvalue weighted by Crippen LogP contribution is -2.30. The Morgan fingerprint density at radius 3 is 1.31 bits per heavy atom. The smallest absolute Gasteiger partial charge is 0.306 e. The van der Waals surface area contributed by atoms with Gasteiger partial charge in [-0.1, -0.05) is 183 Å². The summed E-state index contributed by atoms with van der Waals surface area (Å²) in [5, 5.41) is 0. The molecule has 1 atom stereocenters. The molecule has 0 aromatic rings. The first-order chi connectivity index (χ1) is 28.5. The van der Waals surface area contributed by atoms with Gasteiger partial charge in [-0.05, 0) is 89.9 Å². The number of carbonyl (C=O) groups is 3. The molecule has 0 saturated heterocycles. The minimum Gasteiger partial charge on any atom is -0.462 e. The molecule has 0 aromatic carbocycles. The first-order valence-electron chi connectivity index (χ1n) is 23.6. The van der Waals surface area contributed by atoms with Gasteiger partial charge >= 0.3 is 17.9 Å². The Hall–Kier alpha value is -3.41. The van der Waals surface area contributed by atoms with Crippen LogP contribution in [0.2, 0.25) is 0 Å². The van der Waals surface area contributed by atoms with Crippen molar-refractivity contribution in [2.75, 3.05) is 13.2 Å². The quantitative estimate of drug-likeness (QED) is 0.0201. The van der Waals surface area contributed by atoms with Gasteiger partial charge in [0.15, 0.2) is 6.10 Å². The lowest BCUT2D eigenvalue weighted by molar-refractivity contribution is -0.167. The van der Waals surface area contributed by atoms with Crippen LogP contribution in [0.15, 0.2) is 85.1 Å². The van der Waals surface area contributed by atoms with E-state index < -0.39 is 6.10 Å². The molecule has 0 heterocycles. The largest absolute Gasteiger partial charge is 0.462 e. The monoisotopic (exact) mass is 807 g/mol. The molecule has 0 bridgehead atoms. The summed E-state index contributed by atoms with van der Waals surface area (Å²) in [6.07, 6.45) is 58.7. The van der Waals surface area contributed by atoms with Gasteiger partial charge in [0.1, 0.15) is 13.2 Å². The number of hydrogen-bond donors (Lipinski definition) is 0. The van der Waals surface area contributed by atoms with Crippen molar-refractivity contribution in [3.63, 3.8) is 0 Å². The SMILES string of the molecule is CC\C=C/C=C\C=C/C=C\CCCCCC(=O)OC(COC(=O)CCCC/C=C\C/C=C\CC)COC(=O)CCCCCCC/C=C\CCCCCCCCCCC. The van der Waals surface area contributed by atoms with E-state index >= 15 is 0 Å². The number of unbranched alkanes of at least 4 members (excludes halogenated alkanes) is 19. The number of allylic oxidation sites excluding steroid dienone is 14. The molecule has 0 radical (unpaired) electrons. The molecule has 0 N–H and O–H groups in total.